The number of carbonyl (C=O) groups is 1. The zero-order valence-electron chi connectivity index (χ0n) is 6.18. The predicted octanol–water partition coefficient (Wildman–Crippen LogP) is -0.519. The summed E-state index contributed by atoms with van der Waals surface area (Å²) in [6.07, 6.45) is 2.14. The molecule has 1 saturated heterocycles. The number of hydrogen-bond acceptors (Lipinski definition) is 3. The van der Waals surface area contributed by atoms with Crippen LogP contribution in [0.4, 0.5) is 0 Å². The normalized spacial score (nSPS) is 22.0. The summed E-state index contributed by atoms with van der Waals surface area (Å²) in [5.41, 5.74) is 0. The molecule has 0 radical (unpaired) electrons. The van der Waals surface area contributed by atoms with E-state index < -0.39 is 0 Å². The summed E-state index contributed by atoms with van der Waals surface area (Å²) in [7, 11) is 0. The molecule has 58 valence electrons. The van der Waals surface area contributed by atoms with Gasteiger partial charge in [-0.2, -0.15) is 0 Å². The number of carbonyl (C=O) groups excluding carboxylic acids is 1. The molecule has 0 aromatic carbocycles. The number of rotatable bonds is 2. The predicted molar refractivity (Wildman–Crippen MR) is 40.0 cm³/mol. The summed E-state index contributed by atoms with van der Waals surface area (Å²) in [4.78, 5) is 12.3. The summed E-state index contributed by atoms with van der Waals surface area (Å²) in [5.74, 6) is 0. The summed E-state index contributed by atoms with van der Waals surface area (Å²) < 4.78 is 0. The van der Waals surface area contributed by atoms with Crippen LogP contribution in [0.25, 0.3) is 0 Å². The molecule has 0 spiro atoms. The van der Waals surface area contributed by atoms with Crippen LogP contribution in [0.5, 0.6) is 0 Å². The molecule has 3 heteroatoms. The van der Waals surface area contributed by atoms with E-state index in [1.54, 1.807) is 0 Å². The van der Waals surface area contributed by atoms with Crippen LogP contribution < -0.4 is 5.32 Å². The van der Waals surface area contributed by atoms with Crippen molar-refractivity contribution in [1.82, 2.24) is 10.2 Å². The van der Waals surface area contributed by atoms with E-state index >= 15 is 0 Å². The Labute approximate surface area is 61.4 Å². The molecule has 0 aromatic heterocycles. The molecule has 0 bridgehead atoms. The highest BCUT2D eigenvalue weighted by atomic mass is 16.1. The first-order valence-electron chi connectivity index (χ1n) is 3.80. The van der Waals surface area contributed by atoms with Crippen molar-refractivity contribution in [1.29, 1.82) is 0 Å². The van der Waals surface area contributed by atoms with Crippen molar-refractivity contribution >= 4 is 6.29 Å². The lowest BCUT2D eigenvalue weighted by atomic mass is 10.4. The summed E-state index contributed by atoms with van der Waals surface area (Å²) in [5, 5.41) is 3.28. The Kier molecular flexibility index (Phi) is 3.40. The quantitative estimate of drug-likeness (QED) is 0.527. The second-order valence-corrected chi connectivity index (χ2v) is 2.57. The zero-order valence-corrected chi connectivity index (χ0v) is 6.18. The van der Waals surface area contributed by atoms with E-state index in [0.29, 0.717) is 6.54 Å². The topological polar surface area (TPSA) is 32.3 Å². The van der Waals surface area contributed by atoms with E-state index in [4.69, 9.17) is 0 Å². The van der Waals surface area contributed by atoms with Gasteiger partial charge in [-0.25, -0.2) is 0 Å². The van der Waals surface area contributed by atoms with Crippen molar-refractivity contribution in [2.45, 2.75) is 6.42 Å². The molecule has 1 fully saturated rings. The third-order valence-corrected chi connectivity index (χ3v) is 1.77. The minimum absolute atomic E-state index is 0.599. The van der Waals surface area contributed by atoms with Crippen LogP contribution in [0.15, 0.2) is 0 Å². The van der Waals surface area contributed by atoms with E-state index in [1.807, 2.05) is 0 Å². The standard InChI is InChI=1S/C7H14N2O/c10-7-6-9-4-1-2-8-3-5-9/h7-8H,1-6H2. The van der Waals surface area contributed by atoms with Gasteiger partial charge in [-0.3, -0.25) is 4.90 Å². The van der Waals surface area contributed by atoms with Crippen molar-refractivity contribution in [2.24, 2.45) is 0 Å². The van der Waals surface area contributed by atoms with Crippen molar-refractivity contribution in [3.63, 3.8) is 0 Å². The van der Waals surface area contributed by atoms with Crippen LogP contribution in [-0.4, -0.2) is 43.9 Å². The molecule has 0 amide bonds. The maximum Gasteiger partial charge on any atom is 0.133 e. The minimum atomic E-state index is 0.599. The number of aldehydes is 1. The second kappa shape index (κ2) is 4.41. The van der Waals surface area contributed by atoms with E-state index in [0.717, 1.165) is 38.9 Å². The monoisotopic (exact) mass is 142 g/mol. The summed E-state index contributed by atoms with van der Waals surface area (Å²) >= 11 is 0. The Hall–Kier alpha value is -0.410. The first-order chi connectivity index (χ1) is 4.93. The number of hydrogen-bond donors (Lipinski definition) is 1. The second-order valence-electron chi connectivity index (χ2n) is 2.57. The molecule has 1 rings (SSSR count). The maximum atomic E-state index is 10.1. The van der Waals surface area contributed by atoms with Gasteiger partial charge < -0.3 is 10.1 Å². The number of nitrogens with one attached hydrogen (secondary N) is 1. The van der Waals surface area contributed by atoms with E-state index in [-0.39, 0.29) is 0 Å². The van der Waals surface area contributed by atoms with Gasteiger partial charge in [0.25, 0.3) is 0 Å². The average Bonchev–Trinajstić information content (AvgIpc) is 2.17. The van der Waals surface area contributed by atoms with Gasteiger partial charge >= 0.3 is 0 Å². The Morgan fingerprint density at radius 2 is 2.30 bits per heavy atom. The SMILES string of the molecule is O=CCN1CCCNCC1. The van der Waals surface area contributed by atoms with Gasteiger partial charge in [-0.05, 0) is 19.5 Å². The molecule has 1 N–H and O–H groups in total. The van der Waals surface area contributed by atoms with Gasteiger partial charge in [0.1, 0.15) is 6.29 Å². The average molecular weight is 142 g/mol. The molecule has 10 heavy (non-hydrogen) atoms. The van der Waals surface area contributed by atoms with E-state index in [9.17, 15) is 4.79 Å². The van der Waals surface area contributed by atoms with Crippen LogP contribution in [0, 0.1) is 0 Å². The van der Waals surface area contributed by atoms with Gasteiger partial charge in [0.2, 0.25) is 0 Å². The fraction of sp³-hybridized carbons (Fsp3) is 0.857. The Balaban J connectivity index is 2.21. The third-order valence-electron chi connectivity index (χ3n) is 1.77. The van der Waals surface area contributed by atoms with E-state index in [2.05, 4.69) is 10.2 Å². The molecule has 0 aliphatic carbocycles. The van der Waals surface area contributed by atoms with Crippen LogP contribution >= 0.6 is 0 Å². The lowest BCUT2D eigenvalue weighted by Crippen LogP contribution is -2.29. The van der Waals surface area contributed by atoms with Crippen molar-refractivity contribution in [3.8, 4) is 0 Å². The van der Waals surface area contributed by atoms with Gasteiger partial charge in [-0.1, -0.05) is 0 Å². The summed E-state index contributed by atoms with van der Waals surface area (Å²) in [6, 6.07) is 0. The number of nitrogens with zero attached hydrogens (tertiary/aromatic N) is 1. The third kappa shape index (κ3) is 2.45. The Bertz CT molecular complexity index is 97.8. The molecular weight excluding hydrogens is 128 g/mol. The van der Waals surface area contributed by atoms with Crippen molar-refractivity contribution < 1.29 is 4.79 Å². The highest BCUT2D eigenvalue weighted by Crippen LogP contribution is 1.92. The molecule has 1 aliphatic rings. The minimum Gasteiger partial charge on any atom is -0.315 e. The lowest BCUT2D eigenvalue weighted by Gasteiger charge is -2.14. The smallest absolute Gasteiger partial charge is 0.133 e. The molecule has 3 nitrogen and oxygen atoms in total. The highest BCUT2D eigenvalue weighted by Gasteiger charge is 2.05. The molecule has 0 saturated carbocycles. The van der Waals surface area contributed by atoms with Gasteiger partial charge in [0.05, 0.1) is 6.54 Å². The Morgan fingerprint density at radius 1 is 1.40 bits per heavy atom. The molecule has 1 aliphatic heterocycles. The highest BCUT2D eigenvalue weighted by molar-refractivity contribution is 5.51. The molecule has 0 aromatic rings. The Morgan fingerprint density at radius 3 is 3.10 bits per heavy atom. The zero-order chi connectivity index (χ0) is 7.23. The summed E-state index contributed by atoms with van der Waals surface area (Å²) in [6.45, 7) is 4.79. The molecule has 0 unspecified atom stereocenters. The van der Waals surface area contributed by atoms with Crippen LogP contribution in [-0.2, 0) is 4.79 Å². The van der Waals surface area contributed by atoms with Crippen LogP contribution in [0.1, 0.15) is 6.42 Å². The van der Waals surface area contributed by atoms with Crippen molar-refractivity contribution in [3.05, 3.63) is 0 Å². The maximum absolute atomic E-state index is 10.1. The fourth-order valence-electron chi connectivity index (χ4n) is 1.19. The fourth-order valence-corrected chi connectivity index (χ4v) is 1.19. The van der Waals surface area contributed by atoms with Crippen molar-refractivity contribution in [2.75, 3.05) is 32.7 Å². The van der Waals surface area contributed by atoms with Gasteiger partial charge in [0.15, 0.2) is 0 Å². The van der Waals surface area contributed by atoms with Crippen LogP contribution in [0.2, 0.25) is 0 Å². The molecule has 1 heterocycles. The molecular formula is C7H14N2O. The lowest BCUT2D eigenvalue weighted by molar-refractivity contribution is -0.108. The van der Waals surface area contributed by atoms with Gasteiger partial charge in [0, 0.05) is 13.1 Å². The largest absolute Gasteiger partial charge is 0.315 e. The van der Waals surface area contributed by atoms with Gasteiger partial charge in [-0.15, -0.1) is 0 Å². The van der Waals surface area contributed by atoms with Crippen LogP contribution in [0.3, 0.4) is 0 Å². The first-order valence-corrected chi connectivity index (χ1v) is 3.80. The molecule has 0 atom stereocenters. The van der Waals surface area contributed by atoms with E-state index in [1.165, 1.54) is 0 Å². The first kappa shape index (κ1) is 7.69.